The number of aryl methyl sites for hydroxylation is 2. The number of alkyl halides is 3. The Labute approximate surface area is 298 Å². The Balaban J connectivity index is 1.81. The highest BCUT2D eigenvalue weighted by molar-refractivity contribution is 5.92. The predicted octanol–water partition coefficient (Wildman–Crippen LogP) is 10.8. The summed E-state index contributed by atoms with van der Waals surface area (Å²) in [6.45, 7) is 17.5. The van der Waals surface area contributed by atoms with Crippen molar-refractivity contribution in [2.45, 2.75) is 93.8 Å². The first-order valence-corrected chi connectivity index (χ1v) is 17.7. The van der Waals surface area contributed by atoms with Crippen LogP contribution in [0.1, 0.15) is 98.7 Å². The van der Waals surface area contributed by atoms with Crippen LogP contribution in [0.2, 0.25) is 0 Å². The lowest BCUT2D eigenvalue weighted by molar-refractivity contribution is -0.154. The van der Waals surface area contributed by atoms with E-state index in [1.165, 1.54) is 12.1 Å². The number of hydrogen-bond acceptors (Lipinski definition) is 7. The van der Waals surface area contributed by atoms with Gasteiger partial charge < -0.3 is 18.6 Å². The van der Waals surface area contributed by atoms with Crippen LogP contribution < -0.4 is 19.6 Å². The summed E-state index contributed by atoms with van der Waals surface area (Å²) in [6, 6.07) is 12.7. The minimum absolute atomic E-state index is 0.00337. The average Bonchev–Trinajstić information content (AvgIpc) is 3.04. The maximum atomic E-state index is 14.7. The van der Waals surface area contributed by atoms with Crippen LogP contribution >= 0.6 is 0 Å². The van der Waals surface area contributed by atoms with Crippen molar-refractivity contribution >= 4 is 16.9 Å². The van der Waals surface area contributed by atoms with E-state index in [1.807, 2.05) is 40.7 Å². The SMILES string of the molecule is CCCCCCOc1ccc(C(=O)Oc2ccc3c(=O)c(Oc4cc(C)cc(C)c4C)c(C(F)(F)F)oc3c2CN(CC(C)C)CC(C)C)cc1. The molecule has 0 bridgehead atoms. The van der Waals surface area contributed by atoms with Crippen LogP contribution in [0, 0.1) is 32.6 Å². The van der Waals surface area contributed by atoms with Gasteiger partial charge in [-0.25, -0.2) is 4.79 Å². The highest BCUT2D eigenvalue weighted by Crippen LogP contribution is 2.41. The molecule has 7 nitrogen and oxygen atoms in total. The number of nitrogens with zero attached hydrogens (tertiary/aromatic N) is 1. The van der Waals surface area contributed by atoms with Gasteiger partial charge in [-0.05, 0) is 98.2 Å². The number of hydrogen-bond donors (Lipinski definition) is 0. The molecule has 1 aromatic heterocycles. The Bertz CT molecular complexity index is 1850. The molecule has 0 amide bonds. The molecule has 0 spiro atoms. The van der Waals surface area contributed by atoms with Gasteiger partial charge in [-0.1, -0.05) is 59.9 Å². The zero-order chi connectivity index (χ0) is 37.5. The van der Waals surface area contributed by atoms with Gasteiger partial charge in [-0.2, -0.15) is 13.2 Å². The van der Waals surface area contributed by atoms with E-state index < -0.39 is 29.1 Å². The molecule has 0 fully saturated rings. The molecule has 0 aliphatic carbocycles. The van der Waals surface area contributed by atoms with Gasteiger partial charge in [0.05, 0.1) is 23.1 Å². The van der Waals surface area contributed by atoms with Crippen LogP contribution in [0.15, 0.2) is 57.7 Å². The van der Waals surface area contributed by atoms with Gasteiger partial charge in [0.2, 0.25) is 11.2 Å². The van der Waals surface area contributed by atoms with E-state index in [9.17, 15) is 22.8 Å². The number of unbranched alkanes of at least 4 members (excludes halogenated alkanes) is 3. The van der Waals surface area contributed by atoms with Gasteiger partial charge in [0.25, 0.3) is 5.76 Å². The molecule has 4 rings (SSSR count). The number of rotatable bonds is 16. The largest absolute Gasteiger partial charge is 0.494 e. The number of benzene rings is 3. The van der Waals surface area contributed by atoms with Crippen LogP contribution in [0.25, 0.3) is 11.0 Å². The number of ether oxygens (including phenoxy) is 3. The zero-order valence-electron chi connectivity index (χ0n) is 31.0. The maximum absolute atomic E-state index is 14.7. The highest BCUT2D eigenvalue weighted by atomic mass is 19.4. The van der Waals surface area contributed by atoms with Crippen LogP contribution in [-0.2, 0) is 12.7 Å². The number of esters is 1. The molecule has 0 atom stereocenters. The normalized spacial score (nSPS) is 12.0. The first-order valence-electron chi connectivity index (χ1n) is 17.7. The quantitative estimate of drug-likeness (QED) is 0.0651. The minimum Gasteiger partial charge on any atom is -0.494 e. The van der Waals surface area contributed by atoms with E-state index in [0.29, 0.717) is 31.0 Å². The standard InChI is InChI=1S/C41H50F3NO6/c1-9-10-11-12-19-48-31-15-13-30(14-16-31)40(47)50-34-18-17-32-36(46)38(49-35-21-27(6)20-28(7)29(35)8)39(41(42,43)44)51-37(32)33(34)24-45(22-25(2)3)23-26(4)5/h13-18,20-21,25-26H,9-12,19,22-24H2,1-8H3. The third-order valence-corrected chi connectivity index (χ3v) is 8.50. The van der Waals surface area contributed by atoms with E-state index >= 15 is 0 Å². The van der Waals surface area contributed by atoms with Crippen molar-refractivity contribution in [3.8, 4) is 23.0 Å². The molecule has 4 aromatic rings. The zero-order valence-corrected chi connectivity index (χ0v) is 31.0. The van der Waals surface area contributed by atoms with E-state index in [0.717, 1.165) is 36.8 Å². The van der Waals surface area contributed by atoms with E-state index in [1.54, 1.807) is 44.2 Å². The smallest absolute Gasteiger partial charge is 0.453 e. The van der Waals surface area contributed by atoms with Gasteiger partial charge >= 0.3 is 12.1 Å². The van der Waals surface area contributed by atoms with Crippen molar-refractivity contribution in [3.05, 3.63) is 92.3 Å². The molecule has 0 radical (unpaired) electrons. The molecule has 0 N–H and O–H groups in total. The fraction of sp³-hybridized carbons (Fsp3) is 0.463. The fourth-order valence-electron chi connectivity index (χ4n) is 6.05. The Hall–Kier alpha value is -4.31. The molecule has 0 aliphatic rings. The summed E-state index contributed by atoms with van der Waals surface area (Å²) in [4.78, 5) is 29.5. The molecule has 0 saturated heterocycles. The summed E-state index contributed by atoms with van der Waals surface area (Å²) in [6.07, 6.45) is -0.805. The second-order valence-corrected chi connectivity index (χ2v) is 14.1. The second-order valence-electron chi connectivity index (χ2n) is 14.1. The Morgan fingerprint density at radius 3 is 2.16 bits per heavy atom. The average molecular weight is 710 g/mol. The molecule has 0 aliphatic heterocycles. The summed E-state index contributed by atoms with van der Waals surface area (Å²) in [5.74, 6) is -2.05. The Morgan fingerprint density at radius 2 is 1.55 bits per heavy atom. The van der Waals surface area contributed by atoms with Crippen LogP contribution in [0.4, 0.5) is 13.2 Å². The van der Waals surface area contributed by atoms with Crippen molar-refractivity contribution < 1.29 is 36.6 Å². The summed E-state index contributed by atoms with van der Waals surface area (Å²) >= 11 is 0. The first-order chi connectivity index (χ1) is 24.1. The Kier molecular flexibility index (Phi) is 13.4. The minimum atomic E-state index is -5.07. The molecule has 10 heteroatoms. The summed E-state index contributed by atoms with van der Waals surface area (Å²) in [5.41, 5.74) is 1.26. The third-order valence-electron chi connectivity index (χ3n) is 8.50. The molecule has 1 heterocycles. The van der Waals surface area contributed by atoms with Gasteiger partial charge in [-0.15, -0.1) is 0 Å². The van der Waals surface area contributed by atoms with Crippen LogP contribution in [-0.4, -0.2) is 30.6 Å². The number of fused-ring (bicyclic) bond motifs is 1. The number of halogens is 3. The molecular weight excluding hydrogens is 659 g/mol. The summed E-state index contributed by atoms with van der Waals surface area (Å²) < 4.78 is 67.3. The summed E-state index contributed by atoms with van der Waals surface area (Å²) in [5, 5.41) is -0.121. The van der Waals surface area contributed by atoms with Crippen LogP contribution in [0.3, 0.4) is 0 Å². The van der Waals surface area contributed by atoms with E-state index in [2.05, 4.69) is 11.8 Å². The number of carbonyl (C=O) groups is 1. The molecular formula is C41H50F3NO6. The topological polar surface area (TPSA) is 78.2 Å². The van der Waals surface area contributed by atoms with Gasteiger partial charge in [0.1, 0.15) is 22.8 Å². The van der Waals surface area contributed by atoms with E-state index in [-0.39, 0.29) is 52.0 Å². The van der Waals surface area contributed by atoms with Gasteiger partial charge in [0, 0.05) is 19.6 Å². The second kappa shape index (κ2) is 17.3. The van der Waals surface area contributed by atoms with Gasteiger partial charge in [0.15, 0.2) is 0 Å². The molecule has 0 unspecified atom stereocenters. The first kappa shape index (κ1) is 39.5. The lowest BCUT2D eigenvalue weighted by atomic mass is 10.0. The van der Waals surface area contributed by atoms with Crippen molar-refractivity contribution in [1.82, 2.24) is 4.90 Å². The predicted molar refractivity (Wildman–Crippen MR) is 194 cm³/mol. The van der Waals surface area contributed by atoms with Crippen molar-refractivity contribution in [1.29, 1.82) is 0 Å². The van der Waals surface area contributed by atoms with E-state index in [4.69, 9.17) is 18.6 Å². The fourth-order valence-corrected chi connectivity index (χ4v) is 6.05. The number of carbonyl (C=O) groups excluding carboxylic acids is 1. The molecule has 51 heavy (non-hydrogen) atoms. The van der Waals surface area contributed by atoms with Crippen molar-refractivity contribution in [2.75, 3.05) is 19.7 Å². The van der Waals surface area contributed by atoms with Gasteiger partial charge in [-0.3, -0.25) is 9.69 Å². The maximum Gasteiger partial charge on any atom is 0.453 e. The molecule has 0 saturated carbocycles. The summed E-state index contributed by atoms with van der Waals surface area (Å²) in [7, 11) is 0. The van der Waals surface area contributed by atoms with Crippen molar-refractivity contribution in [2.24, 2.45) is 11.8 Å². The highest BCUT2D eigenvalue weighted by Gasteiger charge is 2.41. The Morgan fingerprint density at radius 1 is 0.882 bits per heavy atom. The van der Waals surface area contributed by atoms with Crippen molar-refractivity contribution in [3.63, 3.8) is 0 Å². The molecule has 3 aromatic carbocycles. The van der Waals surface area contributed by atoms with Crippen LogP contribution in [0.5, 0.6) is 23.0 Å². The monoisotopic (exact) mass is 709 g/mol. The third kappa shape index (κ3) is 10.4. The lowest BCUT2D eigenvalue weighted by Crippen LogP contribution is -2.31. The lowest BCUT2D eigenvalue weighted by Gasteiger charge is -2.27. The molecule has 276 valence electrons.